The first-order chi connectivity index (χ1) is 5.20. The summed E-state index contributed by atoms with van der Waals surface area (Å²) in [5.41, 5.74) is 0.176. The van der Waals surface area contributed by atoms with Crippen molar-refractivity contribution in [3.8, 4) is 0 Å². The van der Waals surface area contributed by atoms with Gasteiger partial charge in [-0.2, -0.15) is 0 Å². The van der Waals surface area contributed by atoms with Crippen molar-refractivity contribution in [3.63, 3.8) is 0 Å². The summed E-state index contributed by atoms with van der Waals surface area (Å²) in [7, 11) is 0. The van der Waals surface area contributed by atoms with Crippen LogP contribution in [0.15, 0.2) is 12.2 Å². The first kappa shape index (κ1) is 13.7. The van der Waals surface area contributed by atoms with Gasteiger partial charge in [0.25, 0.3) is 0 Å². The Balaban J connectivity index is 0. The molecule has 0 rings (SSSR count). The smallest absolute Gasteiger partial charge is 0.330 e. The summed E-state index contributed by atoms with van der Waals surface area (Å²) < 4.78 is 0. The van der Waals surface area contributed by atoms with Crippen LogP contribution in [0.3, 0.4) is 0 Å². The zero-order valence-electron chi connectivity index (χ0n) is 7.66. The van der Waals surface area contributed by atoms with Gasteiger partial charge in [0, 0.05) is 5.57 Å². The molecule has 0 atom stereocenters. The molecule has 72 valence electrons. The van der Waals surface area contributed by atoms with Crippen molar-refractivity contribution in [1.29, 1.82) is 0 Å². The Morgan fingerprint density at radius 1 is 1.50 bits per heavy atom. The molecule has 0 aliphatic carbocycles. The molecule has 0 aromatic rings. The van der Waals surface area contributed by atoms with Gasteiger partial charge < -0.3 is 15.3 Å². The molecule has 0 aliphatic rings. The molecule has 12 heavy (non-hydrogen) atoms. The number of carboxylic acids is 1. The predicted octanol–water partition coefficient (Wildman–Crippen LogP) is 0.744. The molecule has 0 unspecified atom stereocenters. The molecule has 0 aromatic heterocycles. The zero-order valence-corrected chi connectivity index (χ0v) is 7.66. The summed E-state index contributed by atoms with van der Waals surface area (Å²) in [5, 5.41) is 24.7. The molecule has 0 amide bonds. The number of hydrogen-bond acceptors (Lipinski definition) is 3. The van der Waals surface area contributed by atoms with Crippen LogP contribution < -0.4 is 0 Å². The van der Waals surface area contributed by atoms with E-state index in [-0.39, 0.29) is 5.57 Å². The first-order valence-electron chi connectivity index (χ1n) is 3.54. The summed E-state index contributed by atoms with van der Waals surface area (Å²) in [6, 6.07) is 0. The van der Waals surface area contributed by atoms with Crippen LogP contribution in [0, 0.1) is 0 Å². The van der Waals surface area contributed by atoms with Crippen LogP contribution in [0.25, 0.3) is 0 Å². The fraction of sp³-hybridized carbons (Fsp3) is 0.625. The number of rotatable bonds is 2. The topological polar surface area (TPSA) is 77.8 Å². The minimum atomic E-state index is -1.46. The lowest BCUT2D eigenvalue weighted by atomic mass is 10.3. The van der Waals surface area contributed by atoms with E-state index in [1.54, 1.807) is 6.92 Å². The van der Waals surface area contributed by atoms with Crippen molar-refractivity contribution in [2.24, 2.45) is 0 Å². The summed E-state index contributed by atoms with van der Waals surface area (Å²) in [4.78, 5) is 9.60. The van der Waals surface area contributed by atoms with Gasteiger partial charge in [-0.05, 0) is 20.3 Å². The molecular formula is C8H16O4. The van der Waals surface area contributed by atoms with Crippen LogP contribution in [0.4, 0.5) is 0 Å². The highest BCUT2D eigenvalue weighted by Crippen LogP contribution is 1.99. The van der Waals surface area contributed by atoms with Gasteiger partial charge in [-0.3, -0.25) is 0 Å². The first-order valence-corrected chi connectivity index (χ1v) is 3.54. The fourth-order valence-electron chi connectivity index (χ4n) is 0. The minimum Gasteiger partial charge on any atom is -0.478 e. The molecule has 0 heterocycles. The van der Waals surface area contributed by atoms with Crippen molar-refractivity contribution in [2.75, 3.05) is 0 Å². The Labute approximate surface area is 72.2 Å². The molecule has 4 nitrogen and oxygen atoms in total. The maximum absolute atomic E-state index is 9.60. The third-order valence-electron chi connectivity index (χ3n) is 1.03. The number of hydrogen-bond donors (Lipinski definition) is 3. The van der Waals surface area contributed by atoms with Gasteiger partial charge in [0.2, 0.25) is 0 Å². The second kappa shape index (κ2) is 5.74. The van der Waals surface area contributed by atoms with Crippen LogP contribution in [0.5, 0.6) is 0 Å². The van der Waals surface area contributed by atoms with Crippen molar-refractivity contribution in [2.45, 2.75) is 33.0 Å². The highest BCUT2D eigenvalue weighted by Gasteiger charge is 2.08. The number of carboxylic acid groups (broad SMARTS) is 1. The van der Waals surface area contributed by atoms with E-state index in [1.165, 1.54) is 13.8 Å². The van der Waals surface area contributed by atoms with Crippen LogP contribution in [0.1, 0.15) is 27.2 Å². The Bertz CT molecular complexity index is 143. The number of aliphatic carboxylic acids is 1. The largest absolute Gasteiger partial charge is 0.478 e. The predicted molar refractivity (Wildman–Crippen MR) is 45.6 cm³/mol. The van der Waals surface area contributed by atoms with Crippen molar-refractivity contribution in [1.82, 2.24) is 0 Å². The molecule has 0 bridgehead atoms. The monoisotopic (exact) mass is 176 g/mol. The highest BCUT2D eigenvalue weighted by atomic mass is 16.5. The zero-order chi connectivity index (χ0) is 10.4. The molecule has 0 fully saturated rings. The van der Waals surface area contributed by atoms with Gasteiger partial charge in [-0.25, -0.2) is 4.79 Å². The van der Waals surface area contributed by atoms with Crippen LogP contribution >= 0.6 is 0 Å². The Morgan fingerprint density at radius 2 is 1.67 bits per heavy atom. The standard InChI is InChI=1S/C4H10O2.C4H6O2/c1-3-4(2,5)6;1-3(2)4(5)6/h5-6H,3H2,1-2H3;1H2,2H3,(H,5,6). The summed E-state index contributed by atoms with van der Waals surface area (Å²) >= 11 is 0. The Morgan fingerprint density at radius 3 is 1.67 bits per heavy atom. The second-order valence-electron chi connectivity index (χ2n) is 2.66. The van der Waals surface area contributed by atoms with Crippen LogP contribution in [-0.2, 0) is 4.79 Å². The molecule has 4 heteroatoms. The quantitative estimate of drug-likeness (QED) is 0.428. The second-order valence-corrected chi connectivity index (χ2v) is 2.66. The van der Waals surface area contributed by atoms with Gasteiger partial charge in [0.05, 0.1) is 0 Å². The van der Waals surface area contributed by atoms with Gasteiger partial charge >= 0.3 is 5.97 Å². The average Bonchev–Trinajstić information content (AvgIpc) is 1.87. The van der Waals surface area contributed by atoms with E-state index in [0.717, 1.165) is 0 Å². The molecule has 3 N–H and O–H groups in total. The normalized spacial score (nSPS) is 9.75. The van der Waals surface area contributed by atoms with E-state index in [4.69, 9.17) is 15.3 Å². The minimum absolute atomic E-state index is 0.176. The SMILES string of the molecule is C=C(C)C(=O)O.CCC(C)(O)O. The molecule has 0 spiro atoms. The molecule has 0 aliphatic heterocycles. The molecular weight excluding hydrogens is 160 g/mol. The fourth-order valence-corrected chi connectivity index (χ4v) is 0. The van der Waals surface area contributed by atoms with E-state index >= 15 is 0 Å². The van der Waals surface area contributed by atoms with Gasteiger partial charge in [-0.1, -0.05) is 13.5 Å². The Hall–Kier alpha value is -0.870. The average molecular weight is 176 g/mol. The maximum atomic E-state index is 9.60. The van der Waals surface area contributed by atoms with Crippen molar-refractivity contribution < 1.29 is 20.1 Å². The third kappa shape index (κ3) is 16.1. The van der Waals surface area contributed by atoms with Gasteiger partial charge in [-0.15, -0.1) is 0 Å². The van der Waals surface area contributed by atoms with Crippen molar-refractivity contribution in [3.05, 3.63) is 12.2 Å². The van der Waals surface area contributed by atoms with Crippen LogP contribution in [0.2, 0.25) is 0 Å². The highest BCUT2D eigenvalue weighted by molar-refractivity contribution is 5.84. The Kier molecular flexibility index (Phi) is 6.55. The van der Waals surface area contributed by atoms with Gasteiger partial charge in [0.15, 0.2) is 5.79 Å². The van der Waals surface area contributed by atoms with E-state index in [2.05, 4.69) is 6.58 Å². The summed E-state index contributed by atoms with van der Waals surface area (Å²) in [6.07, 6.45) is 0.382. The molecule has 0 radical (unpaired) electrons. The number of carbonyl (C=O) groups is 1. The lowest BCUT2D eigenvalue weighted by Crippen LogP contribution is -2.20. The van der Waals surface area contributed by atoms with Crippen molar-refractivity contribution >= 4 is 5.97 Å². The summed E-state index contributed by atoms with van der Waals surface area (Å²) in [5.74, 6) is -2.39. The van der Waals surface area contributed by atoms with E-state index in [0.29, 0.717) is 6.42 Å². The molecule has 0 saturated heterocycles. The summed E-state index contributed by atoms with van der Waals surface area (Å²) in [6.45, 7) is 7.66. The maximum Gasteiger partial charge on any atom is 0.330 e. The molecule has 0 aromatic carbocycles. The number of aliphatic hydroxyl groups is 2. The molecule has 0 saturated carbocycles. The van der Waals surface area contributed by atoms with E-state index < -0.39 is 11.8 Å². The van der Waals surface area contributed by atoms with E-state index in [1.807, 2.05) is 0 Å². The van der Waals surface area contributed by atoms with Crippen LogP contribution in [-0.4, -0.2) is 27.1 Å². The van der Waals surface area contributed by atoms with E-state index in [9.17, 15) is 4.79 Å². The lowest BCUT2D eigenvalue weighted by Gasteiger charge is -2.10. The lowest BCUT2D eigenvalue weighted by molar-refractivity contribution is -0.145. The third-order valence-corrected chi connectivity index (χ3v) is 1.03. The van der Waals surface area contributed by atoms with Gasteiger partial charge in [0.1, 0.15) is 0 Å².